The topological polar surface area (TPSA) is 71.1 Å². The molecule has 30 heavy (non-hydrogen) atoms. The molecule has 1 aromatic heterocycles. The van der Waals surface area contributed by atoms with Crippen LogP contribution in [0.2, 0.25) is 0 Å². The van der Waals surface area contributed by atoms with Gasteiger partial charge in [0.05, 0.1) is 11.3 Å². The van der Waals surface area contributed by atoms with Gasteiger partial charge in [0.15, 0.2) is 0 Å². The van der Waals surface area contributed by atoms with Crippen molar-refractivity contribution in [2.75, 3.05) is 16.4 Å². The van der Waals surface area contributed by atoms with Gasteiger partial charge in [-0.25, -0.2) is 4.98 Å². The Labute approximate surface area is 181 Å². The molecular weight excluding hydrogens is 394 g/mol. The molecule has 0 radical (unpaired) electrons. The predicted molar refractivity (Wildman–Crippen MR) is 123 cm³/mol. The van der Waals surface area contributed by atoms with E-state index >= 15 is 0 Å². The van der Waals surface area contributed by atoms with Gasteiger partial charge in [-0.3, -0.25) is 9.59 Å². The van der Waals surface area contributed by atoms with E-state index in [0.717, 1.165) is 33.8 Å². The molecule has 3 aromatic rings. The number of thioether (sulfide) groups is 1. The summed E-state index contributed by atoms with van der Waals surface area (Å²) in [5, 5.41) is 6.41. The number of aromatic nitrogens is 1. The molecule has 2 N–H and O–H groups in total. The highest BCUT2D eigenvalue weighted by atomic mass is 32.2. The number of nitrogens with one attached hydrogen (secondary N) is 2. The Balaban J connectivity index is 1.76. The predicted octanol–water partition coefficient (Wildman–Crippen LogP) is 5.30. The number of carbonyl (C=O) groups is 2. The van der Waals surface area contributed by atoms with E-state index < -0.39 is 0 Å². The summed E-state index contributed by atoms with van der Waals surface area (Å²) >= 11 is 1.27. The maximum atomic E-state index is 13.0. The van der Waals surface area contributed by atoms with Crippen molar-refractivity contribution in [2.24, 2.45) is 0 Å². The summed E-state index contributed by atoms with van der Waals surface area (Å²) in [6.45, 7) is 7.69. The minimum Gasteiger partial charge on any atom is -0.325 e. The van der Waals surface area contributed by atoms with Crippen LogP contribution >= 0.6 is 11.8 Å². The van der Waals surface area contributed by atoms with Crippen molar-refractivity contribution in [3.63, 3.8) is 0 Å². The van der Waals surface area contributed by atoms with E-state index in [0.29, 0.717) is 10.6 Å². The molecule has 5 nitrogen and oxygen atoms in total. The molecule has 0 aliphatic rings. The SMILES string of the molecule is Cc1cccc(NC(=O)c2c(C)cc(C)nc2SCC(=O)Nc2ccccc2C)c1. The lowest BCUT2D eigenvalue weighted by Gasteiger charge is -2.14. The third-order valence-corrected chi connectivity index (χ3v) is 5.55. The highest BCUT2D eigenvalue weighted by molar-refractivity contribution is 8.00. The Bertz CT molecular complexity index is 1100. The number of hydrogen-bond donors (Lipinski definition) is 2. The molecule has 0 atom stereocenters. The molecule has 154 valence electrons. The summed E-state index contributed by atoms with van der Waals surface area (Å²) in [5.74, 6) is -0.206. The molecule has 0 aliphatic heterocycles. The molecule has 0 unspecified atom stereocenters. The molecule has 2 amide bonds. The van der Waals surface area contributed by atoms with E-state index in [-0.39, 0.29) is 17.6 Å². The number of anilines is 2. The van der Waals surface area contributed by atoms with Crippen LogP contribution in [0.25, 0.3) is 0 Å². The second-order valence-corrected chi connectivity index (χ2v) is 8.20. The van der Waals surface area contributed by atoms with Crippen molar-refractivity contribution in [3.8, 4) is 0 Å². The Morgan fingerprint density at radius 2 is 1.67 bits per heavy atom. The molecule has 0 saturated carbocycles. The van der Waals surface area contributed by atoms with Crippen molar-refractivity contribution in [3.05, 3.63) is 82.5 Å². The number of aryl methyl sites for hydroxylation is 4. The summed E-state index contributed by atoms with van der Waals surface area (Å²) in [4.78, 5) is 30.0. The van der Waals surface area contributed by atoms with Crippen LogP contribution in [0.4, 0.5) is 11.4 Å². The minimum atomic E-state index is -0.229. The lowest BCUT2D eigenvalue weighted by atomic mass is 10.1. The molecule has 0 fully saturated rings. The van der Waals surface area contributed by atoms with Crippen LogP contribution in [0.15, 0.2) is 59.6 Å². The monoisotopic (exact) mass is 419 g/mol. The summed E-state index contributed by atoms with van der Waals surface area (Å²) in [6.07, 6.45) is 0. The van der Waals surface area contributed by atoms with Crippen LogP contribution in [0.3, 0.4) is 0 Å². The second kappa shape index (κ2) is 9.59. The number of amides is 2. The lowest BCUT2D eigenvalue weighted by molar-refractivity contribution is -0.113. The Kier molecular flexibility index (Phi) is 6.90. The number of nitrogens with zero attached hydrogens (tertiary/aromatic N) is 1. The standard InChI is InChI=1S/C24H25N3O2S/c1-15-8-7-10-19(12-15)26-23(29)22-17(3)13-18(4)25-24(22)30-14-21(28)27-20-11-6-5-9-16(20)2/h5-13H,14H2,1-4H3,(H,26,29)(H,27,28). The van der Waals surface area contributed by atoms with Crippen LogP contribution in [-0.2, 0) is 4.79 Å². The molecule has 0 bridgehead atoms. The van der Waals surface area contributed by atoms with Gasteiger partial charge < -0.3 is 10.6 Å². The van der Waals surface area contributed by atoms with Crippen LogP contribution in [0.1, 0.15) is 32.7 Å². The zero-order chi connectivity index (χ0) is 21.7. The fraction of sp³-hybridized carbons (Fsp3) is 0.208. The Morgan fingerprint density at radius 3 is 2.40 bits per heavy atom. The van der Waals surface area contributed by atoms with Gasteiger partial charge in [-0.2, -0.15) is 0 Å². The van der Waals surface area contributed by atoms with Crippen molar-refractivity contribution in [2.45, 2.75) is 32.7 Å². The average molecular weight is 420 g/mol. The van der Waals surface area contributed by atoms with E-state index in [1.807, 2.05) is 82.3 Å². The summed E-state index contributed by atoms with van der Waals surface area (Å²) in [5.41, 5.74) is 5.71. The fourth-order valence-electron chi connectivity index (χ4n) is 3.13. The number of rotatable bonds is 6. The van der Waals surface area contributed by atoms with Crippen LogP contribution < -0.4 is 10.6 Å². The maximum absolute atomic E-state index is 13.0. The van der Waals surface area contributed by atoms with Gasteiger partial charge in [-0.05, 0) is 68.7 Å². The highest BCUT2D eigenvalue weighted by Crippen LogP contribution is 2.26. The Hall–Kier alpha value is -3.12. The average Bonchev–Trinajstić information content (AvgIpc) is 2.67. The lowest BCUT2D eigenvalue weighted by Crippen LogP contribution is -2.18. The number of pyridine rings is 1. The van der Waals surface area contributed by atoms with Crippen LogP contribution in [0.5, 0.6) is 0 Å². The van der Waals surface area contributed by atoms with Crippen LogP contribution in [0, 0.1) is 27.7 Å². The maximum Gasteiger partial charge on any atom is 0.258 e. The quantitative estimate of drug-likeness (QED) is 0.532. The first kappa shape index (κ1) is 21.6. The van der Waals surface area contributed by atoms with Gasteiger partial charge in [0, 0.05) is 17.1 Å². The van der Waals surface area contributed by atoms with Gasteiger partial charge in [-0.1, -0.05) is 42.1 Å². The van der Waals surface area contributed by atoms with Gasteiger partial charge >= 0.3 is 0 Å². The van der Waals surface area contributed by atoms with Crippen molar-refractivity contribution >= 4 is 35.0 Å². The first-order chi connectivity index (χ1) is 14.3. The molecular formula is C24H25N3O2S. The zero-order valence-electron chi connectivity index (χ0n) is 17.6. The van der Waals surface area contributed by atoms with Crippen molar-refractivity contribution in [1.29, 1.82) is 0 Å². The molecule has 0 saturated heterocycles. The molecule has 2 aromatic carbocycles. The van der Waals surface area contributed by atoms with E-state index in [1.54, 1.807) is 0 Å². The first-order valence-electron chi connectivity index (χ1n) is 9.68. The first-order valence-corrected chi connectivity index (χ1v) is 10.7. The van der Waals surface area contributed by atoms with Crippen molar-refractivity contribution in [1.82, 2.24) is 4.98 Å². The minimum absolute atomic E-state index is 0.139. The number of benzene rings is 2. The van der Waals surface area contributed by atoms with Gasteiger partial charge in [0.1, 0.15) is 5.03 Å². The van der Waals surface area contributed by atoms with Gasteiger partial charge in [0.25, 0.3) is 5.91 Å². The smallest absolute Gasteiger partial charge is 0.258 e. The fourth-order valence-corrected chi connectivity index (χ4v) is 4.08. The van der Waals surface area contributed by atoms with Gasteiger partial charge in [-0.15, -0.1) is 0 Å². The van der Waals surface area contributed by atoms with E-state index in [4.69, 9.17) is 0 Å². The highest BCUT2D eigenvalue weighted by Gasteiger charge is 2.19. The number of hydrogen-bond acceptors (Lipinski definition) is 4. The normalized spacial score (nSPS) is 10.5. The largest absolute Gasteiger partial charge is 0.325 e. The van der Waals surface area contributed by atoms with E-state index in [9.17, 15) is 9.59 Å². The second-order valence-electron chi connectivity index (χ2n) is 7.24. The molecule has 0 spiro atoms. The van der Waals surface area contributed by atoms with E-state index in [2.05, 4.69) is 15.6 Å². The van der Waals surface area contributed by atoms with E-state index in [1.165, 1.54) is 11.8 Å². The van der Waals surface area contributed by atoms with Crippen LogP contribution in [-0.4, -0.2) is 22.6 Å². The molecule has 1 heterocycles. The molecule has 6 heteroatoms. The summed E-state index contributed by atoms with van der Waals surface area (Å²) < 4.78 is 0. The van der Waals surface area contributed by atoms with Gasteiger partial charge in [0.2, 0.25) is 5.91 Å². The summed E-state index contributed by atoms with van der Waals surface area (Å²) in [6, 6.07) is 17.1. The van der Waals surface area contributed by atoms with Crippen molar-refractivity contribution < 1.29 is 9.59 Å². The Morgan fingerprint density at radius 1 is 0.900 bits per heavy atom. The molecule has 3 rings (SSSR count). The zero-order valence-corrected chi connectivity index (χ0v) is 18.4. The number of para-hydroxylation sites is 1. The third-order valence-electron chi connectivity index (χ3n) is 4.57. The molecule has 0 aliphatic carbocycles. The third kappa shape index (κ3) is 5.48. The summed E-state index contributed by atoms with van der Waals surface area (Å²) in [7, 11) is 0. The number of carbonyl (C=O) groups excluding carboxylic acids is 2.